The van der Waals surface area contributed by atoms with Gasteiger partial charge in [-0.05, 0) is 43.3 Å². The van der Waals surface area contributed by atoms with E-state index in [1.807, 2.05) is 0 Å². The summed E-state index contributed by atoms with van der Waals surface area (Å²) in [6.07, 6.45) is 4.47. The minimum absolute atomic E-state index is 0.298. The zero-order chi connectivity index (χ0) is 13.5. The second kappa shape index (κ2) is 7.55. The summed E-state index contributed by atoms with van der Waals surface area (Å²) in [6, 6.07) is 0. The van der Waals surface area contributed by atoms with Gasteiger partial charge in [0.15, 0.2) is 8.32 Å². The minimum Gasteiger partial charge on any atom is -0.417 e. The number of aliphatic hydroxyl groups is 1. The van der Waals surface area contributed by atoms with Crippen LogP contribution < -0.4 is 0 Å². The summed E-state index contributed by atoms with van der Waals surface area (Å²) in [5, 5.41) is 9.51. The first-order valence-corrected chi connectivity index (χ1v) is 9.90. The van der Waals surface area contributed by atoms with Crippen LogP contribution in [0.25, 0.3) is 0 Å². The van der Waals surface area contributed by atoms with Crippen LogP contribution in [0.4, 0.5) is 0 Å². The standard InChI is InChI=1S/C14H32O2Si/c1-7-9-13(12-15)10-8-11-16-17(5,6)14(2,3)4/h13,15H,7-12H2,1-6H3/t13-/m1/s1. The fraction of sp³-hybridized carbons (Fsp3) is 1.00. The molecule has 0 rings (SSSR count). The van der Waals surface area contributed by atoms with Gasteiger partial charge < -0.3 is 9.53 Å². The Balaban J connectivity index is 3.84. The Bertz CT molecular complexity index is 197. The van der Waals surface area contributed by atoms with Gasteiger partial charge in [-0.25, -0.2) is 0 Å². The van der Waals surface area contributed by atoms with Crippen molar-refractivity contribution in [1.29, 1.82) is 0 Å². The predicted molar refractivity (Wildman–Crippen MR) is 77.9 cm³/mol. The van der Waals surface area contributed by atoms with Crippen molar-refractivity contribution in [2.45, 2.75) is 71.5 Å². The van der Waals surface area contributed by atoms with E-state index in [0.717, 1.165) is 32.3 Å². The van der Waals surface area contributed by atoms with E-state index in [0.29, 0.717) is 17.6 Å². The Morgan fingerprint density at radius 1 is 1.18 bits per heavy atom. The molecule has 0 saturated carbocycles. The zero-order valence-electron chi connectivity index (χ0n) is 12.7. The van der Waals surface area contributed by atoms with Crippen molar-refractivity contribution in [3.05, 3.63) is 0 Å². The van der Waals surface area contributed by atoms with Crippen LogP contribution in [0.15, 0.2) is 0 Å². The highest BCUT2D eigenvalue weighted by Gasteiger charge is 2.36. The molecule has 0 fully saturated rings. The van der Waals surface area contributed by atoms with Crippen LogP contribution in [0.2, 0.25) is 18.1 Å². The summed E-state index contributed by atoms with van der Waals surface area (Å²) in [7, 11) is -1.57. The van der Waals surface area contributed by atoms with Crippen LogP contribution in [-0.2, 0) is 4.43 Å². The molecule has 0 aliphatic carbocycles. The third kappa shape index (κ3) is 6.58. The molecule has 0 unspecified atom stereocenters. The van der Waals surface area contributed by atoms with Crippen LogP contribution in [0.3, 0.4) is 0 Å². The highest BCUT2D eigenvalue weighted by molar-refractivity contribution is 6.74. The molecule has 0 aliphatic heterocycles. The average molecular weight is 260 g/mol. The smallest absolute Gasteiger partial charge is 0.191 e. The van der Waals surface area contributed by atoms with E-state index in [1.54, 1.807) is 0 Å². The molecule has 17 heavy (non-hydrogen) atoms. The van der Waals surface area contributed by atoms with E-state index >= 15 is 0 Å². The maximum Gasteiger partial charge on any atom is 0.191 e. The van der Waals surface area contributed by atoms with Gasteiger partial charge in [0.2, 0.25) is 0 Å². The monoisotopic (exact) mass is 260 g/mol. The van der Waals surface area contributed by atoms with Gasteiger partial charge in [-0.1, -0.05) is 34.1 Å². The Morgan fingerprint density at radius 3 is 2.18 bits per heavy atom. The van der Waals surface area contributed by atoms with Crippen LogP contribution in [-0.4, -0.2) is 26.6 Å². The molecule has 0 spiro atoms. The van der Waals surface area contributed by atoms with E-state index in [9.17, 15) is 5.11 Å². The lowest BCUT2D eigenvalue weighted by atomic mass is 9.99. The average Bonchev–Trinajstić information content (AvgIpc) is 2.21. The molecular formula is C14H32O2Si. The van der Waals surface area contributed by atoms with Crippen molar-refractivity contribution in [3.63, 3.8) is 0 Å². The normalized spacial score (nSPS) is 15.0. The molecule has 0 radical (unpaired) electrons. The molecule has 0 aromatic carbocycles. The number of hydrogen-bond acceptors (Lipinski definition) is 2. The lowest BCUT2D eigenvalue weighted by molar-refractivity contribution is 0.194. The largest absolute Gasteiger partial charge is 0.417 e. The molecule has 104 valence electrons. The van der Waals surface area contributed by atoms with Gasteiger partial charge in [0.05, 0.1) is 0 Å². The van der Waals surface area contributed by atoms with E-state index in [1.165, 1.54) is 0 Å². The SMILES string of the molecule is CCC[C@@H](CO)CCCO[Si](C)(C)C(C)(C)C. The van der Waals surface area contributed by atoms with Gasteiger partial charge in [-0.2, -0.15) is 0 Å². The minimum atomic E-state index is -1.57. The van der Waals surface area contributed by atoms with Gasteiger partial charge in [-0.15, -0.1) is 0 Å². The molecule has 0 aromatic heterocycles. The summed E-state index contributed by atoms with van der Waals surface area (Å²) in [4.78, 5) is 0. The van der Waals surface area contributed by atoms with Crippen molar-refractivity contribution >= 4 is 8.32 Å². The maximum atomic E-state index is 9.21. The van der Waals surface area contributed by atoms with E-state index in [2.05, 4.69) is 40.8 Å². The number of rotatable bonds is 8. The first kappa shape index (κ1) is 17.1. The molecule has 0 bridgehead atoms. The Kier molecular flexibility index (Phi) is 7.61. The molecule has 0 aliphatic rings. The highest BCUT2D eigenvalue weighted by Crippen LogP contribution is 2.36. The third-order valence-corrected chi connectivity index (χ3v) is 8.52. The topological polar surface area (TPSA) is 29.5 Å². The van der Waals surface area contributed by atoms with Crippen molar-refractivity contribution in [2.24, 2.45) is 5.92 Å². The lowest BCUT2D eigenvalue weighted by Gasteiger charge is -2.36. The maximum absolute atomic E-state index is 9.21. The van der Waals surface area contributed by atoms with Crippen molar-refractivity contribution in [3.8, 4) is 0 Å². The van der Waals surface area contributed by atoms with E-state index in [4.69, 9.17) is 4.43 Å². The molecule has 0 aromatic rings. The van der Waals surface area contributed by atoms with Crippen LogP contribution in [0.1, 0.15) is 53.4 Å². The number of aliphatic hydroxyl groups excluding tert-OH is 1. The second-order valence-electron chi connectivity index (χ2n) is 6.59. The van der Waals surface area contributed by atoms with Crippen LogP contribution in [0.5, 0.6) is 0 Å². The van der Waals surface area contributed by atoms with Crippen molar-refractivity contribution in [1.82, 2.24) is 0 Å². The summed E-state index contributed by atoms with van der Waals surface area (Å²) < 4.78 is 6.12. The molecule has 0 heterocycles. The first-order valence-electron chi connectivity index (χ1n) is 6.99. The fourth-order valence-corrected chi connectivity index (χ4v) is 2.74. The van der Waals surface area contributed by atoms with E-state index in [-0.39, 0.29) is 0 Å². The third-order valence-electron chi connectivity index (χ3n) is 3.98. The van der Waals surface area contributed by atoms with Gasteiger partial charge in [0.25, 0.3) is 0 Å². The Labute approximate surface area is 109 Å². The van der Waals surface area contributed by atoms with Gasteiger partial charge in [0.1, 0.15) is 0 Å². The quantitative estimate of drug-likeness (QED) is 0.523. The molecule has 1 atom stereocenters. The molecule has 1 N–H and O–H groups in total. The first-order chi connectivity index (χ1) is 7.74. The summed E-state index contributed by atoms with van der Waals surface area (Å²) in [6.45, 7) is 14.8. The van der Waals surface area contributed by atoms with Crippen molar-refractivity contribution < 1.29 is 9.53 Å². The summed E-state index contributed by atoms with van der Waals surface area (Å²) in [5.41, 5.74) is 0. The lowest BCUT2D eigenvalue weighted by Crippen LogP contribution is -2.41. The molecule has 2 nitrogen and oxygen atoms in total. The highest BCUT2D eigenvalue weighted by atomic mass is 28.4. The summed E-state index contributed by atoms with van der Waals surface area (Å²) in [5.74, 6) is 0.475. The van der Waals surface area contributed by atoms with Gasteiger partial charge >= 0.3 is 0 Å². The second-order valence-corrected chi connectivity index (χ2v) is 11.4. The fourth-order valence-electron chi connectivity index (χ4n) is 1.65. The van der Waals surface area contributed by atoms with E-state index < -0.39 is 8.32 Å². The summed E-state index contributed by atoms with van der Waals surface area (Å²) >= 11 is 0. The van der Waals surface area contributed by atoms with Gasteiger partial charge in [0, 0.05) is 13.2 Å². The molecular weight excluding hydrogens is 228 g/mol. The molecule has 0 saturated heterocycles. The van der Waals surface area contributed by atoms with Crippen molar-refractivity contribution in [2.75, 3.05) is 13.2 Å². The Morgan fingerprint density at radius 2 is 1.76 bits per heavy atom. The predicted octanol–water partition coefficient (Wildman–Crippen LogP) is 4.20. The molecule has 3 heteroatoms. The van der Waals surface area contributed by atoms with Crippen LogP contribution >= 0.6 is 0 Å². The Hall–Kier alpha value is 0.137. The van der Waals surface area contributed by atoms with Crippen LogP contribution in [0, 0.1) is 5.92 Å². The zero-order valence-corrected chi connectivity index (χ0v) is 13.7. The number of hydrogen-bond donors (Lipinski definition) is 1. The van der Waals surface area contributed by atoms with Gasteiger partial charge in [-0.3, -0.25) is 0 Å². The molecule has 0 amide bonds.